The number of nitrogens with one attached hydrogen (secondary N) is 2. The maximum Gasteiger partial charge on any atom is 0.335 e. The molecule has 8 N–H and O–H groups in total. The number of ether oxygens (including phenoxy) is 1. The van der Waals surface area contributed by atoms with Gasteiger partial charge in [0.05, 0.1) is 12.7 Å². The molecule has 1 unspecified atom stereocenters. The first-order valence-electron chi connectivity index (χ1n) is 14.9. The van der Waals surface area contributed by atoms with Crippen LogP contribution in [-0.2, 0) is 28.7 Å². The number of thioether (sulfide) groups is 1. The number of carboxylic acids is 2. The lowest BCUT2D eigenvalue weighted by Crippen LogP contribution is -2.57. The Bertz CT molecular complexity index is 1180. The Morgan fingerprint density at radius 2 is 1.93 bits per heavy atom. The highest BCUT2D eigenvalue weighted by Crippen LogP contribution is 2.62. The number of nitrogens with two attached hydrogens (primary N) is 1. The molecule has 1 aliphatic heterocycles. The van der Waals surface area contributed by atoms with Gasteiger partial charge in [-0.2, -0.15) is 11.8 Å². The van der Waals surface area contributed by atoms with E-state index in [0.29, 0.717) is 31.3 Å². The second-order valence-electron chi connectivity index (χ2n) is 12.6. The lowest BCUT2D eigenvalue weighted by molar-refractivity contribution is -0.152. The van der Waals surface area contributed by atoms with Crippen molar-refractivity contribution in [2.45, 2.75) is 82.2 Å². The molecule has 2 saturated carbocycles. The topological polar surface area (TPSA) is 226 Å². The van der Waals surface area contributed by atoms with Crippen LogP contribution in [0.2, 0.25) is 0 Å². The largest absolute Gasteiger partial charge is 0.480 e. The molecule has 0 bridgehead atoms. The molecule has 8 atom stereocenters. The molecule has 246 valence electrons. The van der Waals surface area contributed by atoms with Crippen molar-refractivity contribution in [3.05, 3.63) is 23.8 Å². The van der Waals surface area contributed by atoms with E-state index in [2.05, 4.69) is 24.1 Å². The molecule has 44 heavy (non-hydrogen) atoms. The van der Waals surface area contributed by atoms with Crippen LogP contribution in [0, 0.1) is 22.7 Å². The summed E-state index contributed by atoms with van der Waals surface area (Å²) in [5.41, 5.74) is 5.91. The minimum atomic E-state index is -1.27. The molecule has 3 rings (SSSR count). The number of carbonyl (C=O) groups is 5. The lowest BCUT2D eigenvalue weighted by Gasteiger charge is -2.60. The zero-order valence-electron chi connectivity index (χ0n) is 25.3. The van der Waals surface area contributed by atoms with Crippen molar-refractivity contribution in [3.8, 4) is 0 Å². The molecule has 0 spiro atoms. The number of amides is 2. The number of carboxylic acid groups (broad SMARTS) is 2. The number of aliphatic hydroxyl groups is 2. The van der Waals surface area contributed by atoms with Gasteiger partial charge < -0.3 is 41.5 Å². The van der Waals surface area contributed by atoms with Gasteiger partial charge in [-0.3, -0.25) is 19.2 Å². The second-order valence-corrected chi connectivity index (χ2v) is 13.8. The quantitative estimate of drug-likeness (QED) is 0.0965. The fourth-order valence-electron chi connectivity index (χ4n) is 7.13. The fourth-order valence-corrected chi connectivity index (χ4v) is 8.49. The van der Waals surface area contributed by atoms with Crippen LogP contribution in [0.5, 0.6) is 0 Å². The van der Waals surface area contributed by atoms with Crippen LogP contribution in [0.3, 0.4) is 0 Å². The van der Waals surface area contributed by atoms with Crippen LogP contribution in [0.4, 0.5) is 0 Å². The normalized spacial score (nSPS) is 30.3. The summed E-state index contributed by atoms with van der Waals surface area (Å²) in [6.07, 6.45) is 3.76. The maximum atomic E-state index is 13.0. The molecule has 2 aliphatic carbocycles. The van der Waals surface area contributed by atoms with Crippen molar-refractivity contribution in [3.63, 3.8) is 0 Å². The molecule has 0 saturated heterocycles. The molecule has 0 radical (unpaired) electrons. The average Bonchev–Trinajstić information content (AvgIpc) is 3.40. The summed E-state index contributed by atoms with van der Waals surface area (Å²) in [4.78, 5) is 60.5. The number of hydrogen-bond acceptors (Lipinski definition) is 10. The van der Waals surface area contributed by atoms with Gasteiger partial charge in [-0.25, -0.2) is 4.79 Å². The molecule has 0 aromatic rings. The van der Waals surface area contributed by atoms with E-state index in [4.69, 9.17) is 20.7 Å². The fraction of sp³-hybridized carbons (Fsp3) is 0.700. The molecule has 14 heteroatoms. The first kappa shape index (κ1) is 35.5. The third kappa shape index (κ3) is 8.01. The number of carbonyl (C=O) groups excluding carboxylic acids is 3. The lowest BCUT2D eigenvalue weighted by atomic mass is 9.46. The second kappa shape index (κ2) is 14.9. The number of esters is 1. The minimum absolute atomic E-state index is 0.000385. The number of aliphatic hydroxyl groups excluding tert-OH is 2. The Kier molecular flexibility index (Phi) is 12.0. The highest BCUT2D eigenvalue weighted by atomic mass is 32.2. The van der Waals surface area contributed by atoms with Crippen LogP contribution < -0.4 is 16.4 Å². The van der Waals surface area contributed by atoms with E-state index in [1.54, 1.807) is 6.08 Å². The Hall–Kier alpha value is -2.94. The predicted octanol–water partition coefficient (Wildman–Crippen LogP) is 0.581. The Labute approximate surface area is 261 Å². The first-order chi connectivity index (χ1) is 20.6. The average molecular weight is 640 g/mol. The van der Waals surface area contributed by atoms with E-state index in [0.717, 1.165) is 12.0 Å². The third-order valence-corrected chi connectivity index (χ3v) is 11.1. The van der Waals surface area contributed by atoms with E-state index < -0.39 is 65.1 Å². The SMILES string of the molecule is C=C1CC[C@@H]2[C@](C)(CO)[C@H](O)CC[C@@]2(C)[C@@H]1CC(SC[C@H](NC(=O)CC[C@H](N)C(=O)O)C(=O)NCC(=O)O)C1=CCOC1=O. The van der Waals surface area contributed by atoms with Crippen LogP contribution >= 0.6 is 11.8 Å². The van der Waals surface area contributed by atoms with Crippen molar-refractivity contribution < 1.29 is 49.1 Å². The molecule has 13 nitrogen and oxygen atoms in total. The molecule has 1 heterocycles. The van der Waals surface area contributed by atoms with Gasteiger partial charge in [-0.05, 0) is 61.9 Å². The van der Waals surface area contributed by atoms with Gasteiger partial charge in [0.15, 0.2) is 0 Å². The predicted molar refractivity (Wildman–Crippen MR) is 161 cm³/mol. The standard InChI is InChI=1S/C30H45N3O10S/c1-16-4-6-22-29(2,10-8-23(35)30(22,3)15-34)18(16)12-21(17-9-11-43-28(17)42)44-14-20(26(39)32-13-25(37)38)33-24(36)7-5-19(31)27(40)41/h9,18-23,34-35H,1,4-8,10-15,31H2,2-3H3,(H,32,39)(H,33,36)(H,37,38)(H,40,41)/t18-,19+,20+,21?,22+,23-,29+,30+/m1/s1. The number of aliphatic carboxylic acids is 2. The number of cyclic esters (lactones) is 1. The van der Waals surface area contributed by atoms with Gasteiger partial charge in [-0.15, -0.1) is 0 Å². The van der Waals surface area contributed by atoms with Crippen LogP contribution in [-0.4, -0.2) is 99.1 Å². The molecular formula is C30H45N3O10S. The molecule has 2 fully saturated rings. The summed E-state index contributed by atoms with van der Waals surface area (Å²) < 4.78 is 5.21. The number of rotatable bonds is 15. The molecule has 0 aromatic heterocycles. The van der Waals surface area contributed by atoms with Crippen molar-refractivity contribution >= 4 is 41.5 Å². The van der Waals surface area contributed by atoms with Crippen molar-refractivity contribution in [2.75, 3.05) is 25.5 Å². The van der Waals surface area contributed by atoms with Gasteiger partial charge in [0, 0.05) is 28.4 Å². The smallest absolute Gasteiger partial charge is 0.335 e. The maximum absolute atomic E-state index is 13.0. The summed E-state index contributed by atoms with van der Waals surface area (Å²) >= 11 is 1.25. The number of allylic oxidation sites excluding steroid dienone is 1. The minimum Gasteiger partial charge on any atom is -0.480 e. The summed E-state index contributed by atoms with van der Waals surface area (Å²) in [5.74, 6) is -4.51. The molecule has 3 aliphatic rings. The first-order valence-corrected chi connectivity index (χ1v) is 15.9. The van der Waals surface area contributed by atoms with E-state index in [1.807, 2.05) is 6.92 Å². The van der Waals surface area contributed by atoms with Gasteiger partial charge in [-0.1, -0.05) is 26.0 Å². The molecule has 2 amide bonds. The third-order valence-electron chi connectivity index (χ3n) is 9.77. The monoisotopic (exact) mass is 639 g/mol. The zero-order chi connectivity index (χ0) is 32.8. The number of hydrogen-bond donors (Lipinski definition) is 7. The zero-order valence-corrected chi connectivity index (χ0v) is 26.1. The van der Waals surface area contributed by atoms with Crippen molar-refractivity contribution in [2.24, 2.45) is 28.4 Å². The van der Waals surface area contributed by atoms with Crippen LogP contribution in [0.15, 0.2) is 23.8 Å². The summed E-state index contributed by atoms with van der Waals surface area (Å²) in [5, 5.41) is 43.6. The van der Waals surface area contributed by atoms with Crippen molar-refractivity contribution in [1.82, 2.24) is 10.6 Å². The Morgan fingerprint density at radius 3 is 2.52 bits per heavy atom. The van der Waals surface area contributed by atoms with E-state index in [-0.39, 0.29) is 49.1 Å². The highest BCUT2D eigenvalue weighted by Gasteiger charge is 2.58. The van der Waals surface area contributed by atoms with Crippen LogP contribution in [0.25, 0.3) is 0 Å². The van der Waals surface area contributed by atoms with Crippen molar-refractivity contribution in [1.29, 1.82) is 0 Å². The van der Waals surface area contributed by atoms with Gasteiger partial charge in [0.1, 0.15) is 25.2 Å². The van der Waals surface area contributed by atoms with E-state index in [1.165, 1.54) is 11.8 Å². The Balaban J connectivity index is 1.84. The highest BCUT2D eigenvalue weighted by molar-refractivity contribution is 8.00. The van der Waals surface area contributed by atoms with E-state index in [9.17, 15) is 34.2 Å². The van der Waals surface area contributed by atoms with Gasteiger partial charge in [0.25, 0.3) is 0 Å². The Morgan fingerprint density at radius 1 is 1.23 bits per heavy atom. The molecule has 0 aromatic carbocycles. The molecular weight excluding hydrogens is 594 g/mol. The van der Waals surface area contributed by atoms with Gasteiger partial charge >= 0.3 is 17.9 Å². The number of fused-ring (bicyclic) bond motifs is 1. The van der Waals surface area contributed by atoms with E-state index >= 15 is 0 Å². The summed E-state index contributed by atoms with van der Waals surface area (Å²) in [7, 11) is 0. The summed E-state index contributed by atoms with van der Waals surface area (Å²) in [6.45, 7) is 7.72. The van der Waals surface area contributed by atoms with Crippen LogP contribution in [0.1, 0.15) is 58.8 Å². The van der Waals surface area contributed by atoms with Gasteiger partial charge in [0.2, 0.25) is 11.8 Å². The summed E-state index contributed by atoms with van der Waals surface area (Å²) in [6, 6.07) is -2.45.